The van der Waals surface area contributed by atoms with Gasteiger partial charge in [-0.1, -0.05) is 43.3 Å². The number of hydrogen-bond donors (Lipinski definition) is 3. The fraction of sp³-hybridized carbons (Fsp3) is 0.227. The molecule has 1 atom stereocenters. The van der Waals surface area contributed by atoms with Gasteiger partial charge in [-0.2, -0.15) is 0 Å². The first-order valence-corrected chi connectivity index (χ1v) is 8.90. The third kappa shape index (κ3) is 4.03. The van der Waals surface area contributed by atoms with Gasteiger partial charge in [-0.05, 0) is 59.5 Å². The van der Waals surface area contributed by atoms with E-state index in [0.29, 0.717) is 11.3 Å². The van der Waals surface area contributed by atoms with Crippen LogP contribution in [0.5, 0.6) is 0 Å². The van der Waals surface area contributed by atoms with Crippen molar-refractivity contribution in [1.82, 2.24) is 0 Å². The number of carbonyl (C=O) groups excluding carboxylic acids is 1. The molecule has 0 aromatic heterocycles. The lowest BCUT2D eigenvalue weighted by Gasteiger charge is -2.14. The molecule has 1 unspecified atom stereocenters. The van der Waals surface area contributed by atoms with Gasteiger partial charge in [0.15, 0.2) is 6.10 Å². The van der Waals surface area contributed by atoms with Gasteiger partial charge in [0.2, 0.25) is 0 Å². The SMILES string of the molecule is CCCNc1ccc(NC(=O)C(O)c2ccc3ccccc3c2)cc1C. The Kier molecular flexibility index (Phi) is 5.54. The smallest absolute Gasteiger partial charge is 0.257 e. The third-order valence-corrected chi connectivity index (χ3v) is 4.40. The third-order valence-electron chi connectivity index (χ3n) is 4.40. The number of aryl methyl sites for hydroxylation is 1. The highest BCUT2D eigenvalue weighted by atomic mass is 16.3. The van der Waals surface area contributed by atoms with E-state index < -0.39 is 12.0 Å². The van der Waals surface area contributed by atoms with Gasteiger partial charge in [0.1, 0.15) is 0 Å². The largest absolute Gasteiger partial charge is 0.385 e. The summed E-state index contributed by atoms with van der Waals surface area (Å²) in [5, 5.41) is 18.6. The summed E-state index contributed by atoms with van der Waals surface area (Å²) in [4.78, 5) is 12.4. The summed E-state index contributed by atoms with van der Waals surface area (Å²) in [6.07, 6.45) is -0.159. The van der Waals surface area contributed by atoms with E-state index in [1.165, 1.54) is 0 Å². The van der Waals surface area contributed by atoms with Crippen molar-refractivity contribution in [3.63, 3.8) is 0 Å². The molecule has 0 aliphatic rings. The molecule has 0 radical (unpaired) electrons. The second-order valence-electron chi connectivity index (χ2n) is 6.45. The van der Waals surface area contributed by atoms with E-state index >= 15 is 0 Å². The van der Waals surface area contributed by atoms with Gasteiger partial charge in [0.05, 0.1) is 0 Å². The molecule has 3 N–H and O–H groups in total. The number of aliphatic hydroxyl groups is 1. The van der Waals surface area contributed by atoms with Crippen LogP contribution in [0.4, 0.5) is 11.4 Å². The summed E-state index contributed by atoms with van der Waals surface area (Å²) in [5.74, 6) is -0.436. The molecular weight excluding hydrogens is 324 g/mol. The lowest BCUT2D eigenvalue weighted by molar-refractivity contribution is -0.124. The number of hydrogen-bond acceptors (Lipinski definition) is 3. The molecule has 3 aromatic rings. The van der Waals surface area contributed by atoms with Gasteiger partial charge < -0.3 is 15.7 Å². The normalized spacial score (nSPS) is 12.0. The zero-order valence-electron chi connectivity index (χ0n) is 15.1. The number of fused-ring (bicyclic) bond motifs is 1. The van der Waals surface area contributed by atoms with Crippen LogP contribution in [0.1, 0.15) is 30.6 Å². The van der Waals surface area contributed by atoms with Crippen LogP contribution in [0.15, 0.2) is 60.7 Å². The van der Waals surface area contributed by atoms with E-state index in [4.69, 9.17) is 0 Å². The molecule has 0 spiro atoms. The minimum atomic E-state index is -1.21. The fourth-order valence-electron chi connectivity index (χ4n) is 2.94. The Balaban J connectivity index is 1.73. The molecule has 134 valence electrons. The van der Waals surface area contributed by atoms with Crippen LogP contribution in [0, 0.1) is 6.92 Å². The first-order valence-electron chi connectivity index (χ1n) is 8.90. The van der Waals surface area contributed by atoms with Crippen molar-refractivity contribution in [2.45, 2.75) is 26.4 Å². The van der Waals surface area contributed by atoms with Crippen LogP contribution < -0.4 is 10.6 Å². The molecule has 1 amide bonds. The molecule has 3 aromatic carbocycles. The maximum Gasteiger partial charge on any atom is 0.257 e. The molecule has 0 bridgehead atoms. The van der Waals surface area contributed by atoms with Crippen LogP contribution in [0.2, 0.25) is 0 Å². The van der Waals surface area contributed by atoms with Gasteiger partial charge in [0.25, 0.3) is 5.91 Å². The molecule has 0 saturated heterocycles. The van der Waals surface area contributed by atoms with Crippen LogP contribution in [0.3, 0.4) is 0 Å². The average Bonchev–Trinajstić information content (AvgIpc) is 2.66. The lowest BCUT2D eigenvalue weighted by atomic mass is 10.0. The van der Waals surface area contributed by atoms with E-state index in [1.54, 1.807) is 6.07 Å². The second kappa shape index (κ2) is 8.02. The predicted molar refractivity (Wildman–Crippen MR) is 107 cm³/mol. The Bertz CT molecular complexity index is 921. The minimum Gasteiger partial charge on any atom is -0.385 e. The summed E-state index contributed by atoms with van der Waals surface area (Å²) >= 11 is 0. The Morgan fingerprint density at radius 2 is 1.81 bits per heavy atom. The zero-order chi connectivity index (χ0) is 18.5. The minimum absolute atomic E-state index is 0.436. The highest BCUT2D eigenvalue weighted by Crippen LogP contribution is 2.23. The van der Waals surface area contributed by atoms with E-state index in [-0.39, 0.29) is 0 Å². The summed E-state index contributed by atoms with van der Waals surface area (Å²) in [6, 6.07) is 19.1. The molecule has 4 heteroatoms. The topological polar surface area (TPSA) is 61.4 Å². The van der Waals surface area contributed by atoms with Gasteiger partial charge in [-0.15, -0.1) is 0 Å². The van der Waals surface area contributed by atoms with E-state index in [2.05, 4.69) is 17.6 Å². The van der Waals surface area contributed by atoms with Gasteiger partial charge in [-0.3, -0.25) is 4.79 Å². The summed E-state index contributed by atoms with van der Waals surface area (Å²) in [7, 11) is 0. The van der Waals surface area contributed by atoms with Crippen LogP contribution in [-0.4, -0.2) is 17.6 Å². The van der Waals surface area contributed by atoms with E-state index in [1.807, 2.05) is 61.5 Å². The van der Waals surface area contributed by atoms with E-state index in [9.17, 15) is 9.90 Å². The number of aliphatic hydroxyl groups excluding tert-OH is 1. The molecule has 0 heterocycles. The Labute approximate surface area is 153 Å². The molecule has 4 nitrogen and oxygen atoms in total. The van der Waals surface area contributed by atoms with Crippen molar-refractivity contribution >= 4 is 28.1 Å². The van der Waals surface area contributed by atoms with Gasteiger partial charge in [0, 0.05) is 17.9 Å². The van der Waals surface area contributed by atoms with Crippen molar-refractivity contribution in [3.05, 3.63) is 71.8 Å². The fourth-order valence-corrected chi connectivity index (χ4v) is 2.94. The summed E-state index contributed by atoms with van der Waals surface area (Å²) in [6.45, 7) is 5.02. The van der Waals surface area contributed by atoms with Crippen LogP contribution >= 0.6 is 0 Å². The monoisotopic (exact) mass is 348 g/mol. The lowest BCUT2D eigenvalue weighted by Crippen LogP contribution is -2.20. The Hall–Kier alpha value is -2.85. The summed E-state index contributed by atoms with van der Waals surface area (Å²) in [5.41, 5.74) is 3.37. The first-order chi connectivity index (χ1) is 12.6. The Morgan fingerprint density at radius 1 is 1.04 bits per heavy atom. The number of carbonyl (C=O) groups is 1. The number of rotatable bonds is 6. The second-order valence-corrected chi connectivity index (χ2v) is 6.45. The van der Waals surface area contributed by atoms with Crippen LogP contribution in [-0.2, 0) is 4.79 Å². The maximum atomic E-state index is 12.4. The average molecular weight is 348 g/mol. The van der Waals surface area contributed by atoms with Crippen molar-refractivity contribution < 1.29 is 9.90 Å². The van der Waals surface area contributed by atoms with Gasteiger partial charge >= 0.3 is 0 Å². The molecule has 0 saturated carbocycles. The number of benzene rings is 3. The predicted octanol–water partition coefficient (Wildman–Crippen LogP) is 4.64. The van der Waals surface area contributed by atoms with Crippen molar-refractivity contribution in [3.8, 4) is 0 Å². The standard InChI is InChI=1S/C22H24N2O2/c1-3-12-23-20-11-10-19(13-15(20)2)24-22(26)21(25)18-9-8-16-6-4-5-7-17(16)14-18/h4-11,13-14,21,23,25H,3,12H2,1-2H3,(H,24,26). The van der Waals surface area contributed by atoms with Crippen molar-refractivity contribution in [2.24, 2.45) is 0 Å². The Morgan fingerprint density at radius 3 is 2.54 bits per heavy atom. The molecular formula is C22H24N2O2. The number of nitrogens with one attached hydrogen (secondary N) is 2. The van der Waals surface area contributed by atoms with Gasteiger partial charge in [-0.25, -0.2) is 0 Å². The zero-order valence-corrected chi connectivity index (χ0v) is 15.1. The molecule has 0 fully saturated rings. The summed E-state index contributed by atoms with van der Waals surface area (Å²) < 4.78 is 0. The molecule has 26 heavy (non-hydrogen) atoms. The maximum absolute atomic E-state index is 12.4. The highest BCUT2D eigenvalue weighted by molar-refractivity contribution is 5.96. The van der Waals surface area contributed by atoms with Crippen molar-refractivity contribution in [1.29, 1.82) is 0 Å². The number of anilines is 2. The van der Waals surface area contributed by atoms with Crippen LogP contribution in [0.25, 0.3) is 10.8 Å². The molecule has 0 aliphatic carbocycles. The number of amides is 1. The molecule has 0 aliphatic heterocycles. The molecule has 3 rings (SSSR count). The van der Waals surface area contributed by atoms with Crippen molar-refractivity contribution in [2.75, 3.05) is 17.2 Å². The van der Waals surface area contributed by atoms with E-state index in [0.717, 1.165) is 35.0 Å². The first kappa shape index (κ1) is 18.0. The highest BCUT2D eigenvalue weighted by Gasteiger charge is 2.18. The quantitative estimate of drug-likeness (QED) is 0.608.